The number of nitrogens with zero attached hydrogens (tertiary/aromatic N) is 4. The molecule has 1 fully saturated rings. The Morgan fingerprint density at radius 2 is 2.14 bits per heavy atom. The van der Waals surface area contributed by atoms with Crippen LogP contribution in [-0.4, -0.2) is 53.9 Å². The van der Waals surface area contributed by atoms with Crippen molar-refractivity contribution >= 4 is 58.9 Å². The second kappa shape index (κ2) is 13.2. The molecule has 2 aromatic heterocycles. The van der Waals surface area contributed by atoms with Crippen LogP contribution < -0.4 is 15.5 Å². The Hall–Kier alpha value is -1.07. The number of guanidine groups is 1. The first-order valence-electron chi connectivity index (χ1n) is 9.58. The van der Waals surface area contributed by atoms with Crippen molar-refractivity contribution in [3.05, 3.63) is 36.0 Å². The lowest BCUT2D eigenvalue weighted by molar-refractivity contribution is 0.459. The molecule has 2 N–H and O–H groups in total. The number of thiazole rings is 1. The Kier molecular flexibility index (Phi) is 10.9. The van der Waals surface area contributed by atoms with Gasteiger partial charge in [0.25, 0.3) is 0 Å². The van der Waals surface area contributed by atoms with Crippen LogP contribution >= 0.6 is 47.1 Å². The van der Waals surface area contributed by atoms with Gasteiger partial charge in [-0.1, -0.05) is 17.8 Å². The third-order valence-corrected chi connectivity index (χ3v) is 6.41. The number of pyridine rings is 1. The molecule has 0 bridgehead atoms. The third-order valence-electron chi connectivity index (χ3n) is 4.36. The number of aliphatic imine (C=N–C) groups is 1. The molecule has 9 heteroatoms. The first-order valence-corrected chi connectivity index (χ1v) is 11.4. The average Bonchev–Trinajstić information content (AvgIpc) is 3.23. The topological polar surface area (TPSA) is 65.4 Å². The number of thioether (sulfide) groups is 1. The zero-order valence-electron chi connectivity index (χ0n) is 16.2. The number of piperidine rings is 1. The molecular weight excluding hydrogens is 503 g/mol. The summed E-state index contributed by atoms with van der Waals surface area (Å²) in [6.45, 7) is 5.88. The van der Waals surface area contributed by atoms with E-state index in [4.69, 9.17) is 4.99 Å². The first-order chi connectivity index (χ1) is 13.3. The Labute approximate surface area is 193 Å². The van der Waals surface area contributed by atoms with Crippen molar-refractivity contribution in [3.8, 4) is 0 Å². The maximum atomic E-state index is 4.74. The molecule has 0 radical (unpaired) electrons. The fourth-order valence-corrected chi connectivity index (χ4v) is 4.64. The molecular formula is C19H29IN6S2. The highest BCUT2D eigenvalue weighted by Crippen LogP contribution is 2.20. The van der Waals surface area contributed by atoms with Crippen LogP contribution in [0.1, 0.15) is 26.2 Å². The molecule has 2 aromatic rings. The molecule has 0 amide bonds. The van der Waals surface area contributed by atoms with Gasteiger partial charge in [0.15, 0.2) is 5.96 Å². The van der Waals surface area contributed by atoms with Crippen LogP contribution in [0.3, 0.4) is 0 Å². The molecule has 6 nitrogen and oxygen atoms in total. The largest absolute Gasteiger partial charge is 0.357 e. The van der Waals surface area contributed by atoms with E-state index in [9.17, 15) is 0 Å². The number of hydrogen-bond donors (Lipinski definition) is 2. The second-order valence-corrected chi connectivity index (χ2v) is 8.59. The van der Waals surface area contributed by atoms with Crippen molar-refractivity contribution in [2.24, 2.45) is 4.99 Å². The summed E-state index contributed by atoms with van der Waals surface area (Å²) in [5, 5.41) is 9.00. The lowest BCUT2D eigenvalue weighted by Gasteiger charge is -2.33. The van der Waals surface area contributed by atoms with Crippen LogP contribution in [0.25, 0.3) is 0 Å². The van der Waals surface area contributed by atoms with E-state index in [0.29, 0.717) is 6.04 Å². The molecule has 3 rings (SSSR count). The number of rotatable bonds is 8. The van der Waals surface area contributed by atoms with Crippen LogP contribution in [0.4, 0.5) is 5.82 Å². The Morgan fingerprint density at radius 3 is 2.82 bits per heavy atom. The van der Waals surface area contributed by atoms with Gasteiger partial charge in [-0.05, 0) is 38.3 Å². The van der Waals surface area contributed by atoms with E-state index in [0.717, 1.165) is 67.3 Å². The lowest BCUT2D eigenvalue weighted by atomic mass is 10.1. The quantitative estimate of drug-likeness (QED) is 0.177. The van der Waals surface area contributed by atoms with Crippen LogP contribution in [0, 0.1) is 0 Å². The summed E-state index contributed by atoms with van der Waals surface area (Å²) in [6.07, 6.45) is 6.97. The Bertz CT molecular complexity index is 675. The minimum Gasteiger partial charge on any atom is -0.357 e. The minimum atomic E-state index is 0. The number of aromatic nitrogens is 2. The zero-order chi connectivity index (χ0) is 18.7. The van der Waals surface area contributed by atoms with E-state index in [1.165, 1.54) is 0 Å². The SMILES string of the molecule is CCNC(=NCCCSc1nccs1)NC1CCN(c2ccccn2)CC1.I. The smallest absolute Gasteiger partial charge is 0.191 e. The predicted molar refractivity (Wildman–Crippen MR) is 131 cm³/mol. The van der Waals surface area contributed by atoms with E-state index < -0.39 is 0 Å². The predicted octanol–water partition coefficient (Wildman–Crippen LogP) is 3.86. The molecule has 28 heavy (non-hydrogen) atoms. The molecule has 0 saturated carbocycles. The summed E-state index contributed by atoms with van der Waals surface area (Å²) in [4.78, 5) is 15.9. The van der Waals surface area contributed by atoms with Crippen molar-refractivity contribution in [1.29, 1.82) is 0 Å². The van der Waals surface area contributed by atoms with Crippen molar-refractivity contribution < 1.29 is 0 Å². The van der Waals surface area contributed by atoms with Crippen molar-refractivity contribution in [1.82, 2.24) is 20.6 Å². The Balaban J connectivity index is 0.00000280. The standard InChI is InChI=1S/C19H28N6S2.HI/c1-2-20-18(22-10-5-14-26-19-23-11-15-27-19)24-16-7-12-25(13-8-16)17-6-3-4-9-21-17;/h3-4,6,9,11,15-16H,2,5,7-8,10,12-14H2,1H3,(H2,20,22,24);1H. The molecule has 1 aliphatic rings. The van der Waals surface area contributed by atoms with Gasteiger partial charge in [-0.25, -0.2) is 9.97 Å². The van der Waals surface area contributed by atoms with Crippen LogP contribution in [0.15, 0.2) is 45.3 Å². The molecule has 0 atom stereocenters. The molecule has 1 aliphatic heterocycles. The van der Waals surface area contributed by atoms with Gasteiger partial charge in [-0.15, -0.1) is 35.3 Å². The first kappa shape index (κ1) is 23.2. The van der Waals surface area contributed by atoms with E-state index in [1.807, 2.05) is 35.6 Å². The summed E-state index contributed by atoms with van der Waals surface area (Å²) in [6, 6.07) is 6.57. The van der Waals surface area contributed by atoms with E-state index in [1.54, 1.807) is 11.3 Å². The number of nitrogens with one attached hydrogen (secondary N) is 2. The van der Waals surface area contributed by atoms with Gasteiger partial charge in [-0.3, -0.25) is 4.99 Å². The van der Waals surface area contributed by atoms with Gasteiger partial charge >= 0.3 is 0 Å². The molecule has 0 aromatic carbocycles. The van der Waals surface area contributed by atoms with Crippen molar-refractivity contribution in [2.75, 3.05) is 36.8 Å². The van der Waals surface area contributed by atoms with Crippen LogP contribution in [-0.2, 0) is 0 Å². The average molecular weight is 533 g/mol. The fraction of sp³-hybridized carbons (Fsp3) is 0.526. The molecule has 3 heterocycles. The summed E-state index contributed by atoms with van der Waals surface area (Å²) < 4.78 is 1.14. The second-order valence-electron chi connectivity index (χ2n) is 6.35. The Morgan fingerprint density at radius 1 is 1.29 bits per heavy atom. The summed E-state index contributed by atoms with van der Waals surface area (Å²) in [5.74, 6) is 3.07. The highest BCUT2D eigenvalue weighted by molar-refractivity contribution is 14.0. The van der Waals surface area contributed by atoms with Gasteiger partial charge in [-0.2, -0.15) is 0 Å². The summed E-state index contributed by atoms with van der Waals surface area (Å²) in [7, 11) is 0. The maximum absolute atomic E-state index is 4.74. The van der Waals surface area contributed by atoms with Gasteiger partial charge in [0.1, 0.15) is 10.2 Å². The van der Waals surface area contributed by atoms with E-state index in [2.05, 4.69) is 44.6 Å². The third kappa shape index (κ3) is 7.75. The molecule has 0 aliphatic carbocycles. The minimum absolute atomic E-state index is 0. The maximum Gasteiger partial charge on any atom is 0.191 e. The zero-order valence-corrected chi connectivity index (χ0v) is 20.2. The molecule has 154 valence electrons. The van der Waals surface area contributed by atoms with Crippen LogP contribution in [0.2, 0.25) is 0 Å². The van der Waals surface area contributed by atoms with Crippen molar-refractivity contribution in [3.63, 3.8) is 0 Å². The number of hydrogen-bond acceptors (Lipinski definition) is 6. The highest BCUT2D eigenvalue weighted by Gasteiger charge is 2.20. The van der Waals surface area contributed by atoms with E-state index in [-0.39, 0.29) is 24.0 Å². The summed E-state index contributed by atoms with van der Waals surface area (Å²) in [5.41, 5.74) is 0. The molecule has 0 spiro atoms. The summed E-state index contributed by atoms with van der Waals surface area (Å²) >= 11 is 3.51. The number of halogens is 1. The number of anilines is 1. The van der Waals surface area contributed by atoms with Crippen LogP contribution in [0.5, 0.6) is 0 Å². The molecule has 1 saturated heterocycles. The lowest BCUT2D eigenvalue weighted by Crippen LogP contribution is -2.49. The van der Waals surface area contributed by atoms with Gasteiger partial charge < -0.3 is 15.5 Å². The van der Waals surface area contributed by atoms with E-state index >= 15 is 0 Å². The monoisotopic (exact) mass is 532 g/mol. The fourth-order valence-electron chi connectivity index (χ4n) is 3.00. The van der Waals surface area contributed by atoms with Crippen molar-refractivity contribution in [2.45, 2.75) is 36.6 Å². The highest BCUT2D eigenvalue weighted by atomic mass is 127. The van der Waals surface area contributed by atoms with Gasteiger partial charge in [0.05, 0.1) is 0 Å². The van der Waals surface area contributed by atoms with Gasteiger partial charge in [0.2, 0.25) is 0 Å². The normalized spacial score (nSPS) is 15.2. The van der Waals surface area contributed by atoms with Gasteiger partial charge in [0, 0.05) is 55.7 Å². The molecule has 0 unspecified atom stereocenters.